The molecule has 1 saturated carbocycles. The molecule has 1 aliphatic carbocycles. The molecule has 120 valence electrons. The van der Waals surface area contributed by atoms with Crippen LogP contribution in [0.25, 0.3) is 0 Å². The molecule has 1 aromatic carbocycles. The summed E-state index contributed by atoms with van der Waals surface area (Å²) < 4.78 is 11.2. The Kier molecular flexibility index (Phi) is 4.86. The van der Waals surface area contributed by atoms with Crippen LogP contribution in [0.4, 0.5) is 0 Å². The van der Waals surface area contributed by atoms with Gasteiger partial charge in [0.05, 0.1) is 0 Å². The first-order valence-corrected chi connectivity index (χ1v) is 8.41. The molecule has 1 unspecified atom stereocenters. The van der Waals surface area contributed by atoms with E-state index in [0.29, 0.717) is 25.7 Å². The Morgan fingerprint density at radius 3 is 2.68 bits per heavy atom. The number of carbonyl (C=O) groups excluding carboxylic acids is 1. The number of fused-ring (bicyclic) bond motifs is 1. The normalized spacial score (nSPS) is 19.5. The molecule has 0 aromatic heterocycles. The van der Waals surface area contributed by atoms with Crippen molar-refractivity contribution in [1.29, 1.82) is 0 Å². The van der Waals surface area contributed by atoms with Gasteiger partial charge in [-0.05, 0) is 36.5 Å². The van der Waals surface area contributed by atoms with Crippen LogP contribution in [0.15, 0.2) is 18.2 Å². The van der Waals surface area contributed by atoms with Crippen molar-refractivity contribution in [1.82, 2.24) is 5.32 Å². The van der Waals surface area contributed by atoms with Gasteiger partial charge in [-0.25, -0.2) is 0 Å². The summed E-state index contributed by atoms with van der Waals surface area (Å²) in [6.45, 7) is 3.28. The van der Waals surface area contributed by atoms with Crippen LogP contribution in [-0.4, -0.2) is 25.2 Å². The van der Waals surface area contributed by atoms with E-state index >= 15 is 0 Å². The molecular formula is C18H25NO3. The summed E-state index contributed by atoms with van der Waals surface area (Å²) in [6, 6.07) is 6.37. The van der Waals surface area contributed by atoms with E-state index in [2.05, 4.69) is 12.2 Å². The number of hydrogen-bond acceptors (Lipinski definition) is 3. The molecule has 1 atom stereocenters. The lowest BCUT2D eigenvalue weighted by molar-refractivity contribution is -0.122. The van der Waals surface area contributed by atoms with Crippen molar-refractivity contribution in [3.63, 3.8) is 0 Å². The molecule has 0 saturated heterocycles. The van der Waals surface area contributed by atoms with E-state index in [-0.39, 0.29) is 11.8 Å². The second-order valence-corrected chi connectivity index (χ2v) is 6.41. The molecule has 4 heteroatoms. The molecular weight excluding hydrogens is 278 g/mol. The molecule has 1 amide bonds. The fourth-order valence-electron chi connectivity index (χ4n) is 3.30. The third-order valence-electron chi connectivity index (χ3n) is 4.60. The zero-order chi connectivity index (χ0) is 15.4. The van der Waals surface area contributed by atoms with Gasteiger partial charge < -0.3 is 14.8 Å². The van der Waals surface area contributed by atoms with Crippen molar-refractivity contribution in [2.75, 3.05) is 13.2 Å². The molecule has 3 rings (SSSR count). The van der Waals surface area contributed by atoms with Gasteiger partial charge in [-0.2, -0.15) is 0 Å². The Labute approximate surface area is 132 Å². The van der Waals surface area contributed by atoms with Gasteiger partial charge in [0.15, 0.2) is 11.5 Å². The van der Waals surface area contributed by atoms with Crippen LogP contribution in [0.5, 0.6) is 11.5 Å². The van der Waals surface area contributed by atoms with Crippen LogP contribution in [0.3, 0.4) is 0 Å². The Morgan fingerprint density at radius 2 is 1.91 bits per heavy atom. The Bertz CT molecular complexity index is 523. The molecule has 1 fully saturated rings. The van der Waals surface area contributed by atoms with E-state index in [9.17, 15) is 4.79 Å². The molecule has 22 heavy (non-hydrogen) atoms. The molecule has 4 nitrogen and oxygen atoms in total. The van der Waals surface area contributed by atoms with Crippen LogP contribution in [0.1, 0.15) is 56.9 Å². The maximum atomic E-state index is 12.2. The molecule has 1 N–H and O–H groups in total. The minimum atomic E-state index is 0.161. The smallest absolute Gasteiger partial charge is 0.220 e. The molecule has 2 aliphatic rings. The predicted octanol–water partition coefficient (Wildman–Crippen LogP) is 3.40. The molecule has 1 aromatic rings. The van der Waals surface area contributed by atoms with Gasteiger partial charge in [-0.1, -0.05) is 32.3 Å². The number of benzene rings is 1. The van der Waals surface area contributed by atoms with Gasteiger partial charge in [-0.3, -0.25) is 4.79 Å². The number of rotatable bonds is 4. The van der Waals surface area contributed by atoms with Crippen molar-refractivity contribution in [2.45, 2.75) is 57.4 Å². The van der Waals surface area contributed by atoms with Gasteiger partial charge in [0, 0.05) is 12.5 Å². The summed E-state index contributed by atoms with van der Waals surface area (Å²) in [7, 11) is 0. The highest BCUT2D eigenvalue weighted by molar-refractivity contribution is 5.77. The lowest BCUT2D eigenvalue weighted by Gasteiger charge is -2.24. The highest BCUT2D eigenvalue weighted by Gasteiger charge is 2.19. The van der Waals surface area contributed by atoms with Gasteiger partial charge in [0.1, 0.15) is 13.2 Å². The summed E-state index contributed by atoms with van der Waals surface area (Å²) in [6.07, 6.45) is 6.57. The van der Waals surface area contributed by atoms with Gasteiger partial charge >= 0.3 is 0 Å². The first-order valence-electron chi connectivity index (χ1n) is 8.41. The van der Waals surface area contributed by atoms with Crippen molar-refractivity contribution < 1.29 is 14.3 Å². The third kappa shape index (κ3) is 3.73. The second-order valence-electron chi connectivity index (χ2n) is 6.41. The Hall–Kier alpha value is -1.71. The first-order chi connectivity index (χ1) is 10.7. The number of hydrogen-bond donors (Lipinski definition) is 1. The molecule has 1 heterocycles. The van der Waals surface area contributed by atoms with Gasteiger partial charge in [0.2, 0.25) is 5.91 Å². The van der Waals surface area contributed by atoms with E-state index in [1.165, 1.54) is 19.3 Å². The summed E-state index contributed by atoms with van der Waals surface area (Å²) in [5, 5.41) is 3.19. The quantitative estimate of drug-likeness (QED) is 0.927. The Balaban J connectivity index is 1.56. The van der Waals surface area contributed by atoms with Crippen molar-refractivity contribution in [3.8, 4) is 11.5 Å². The second kappa shape index (κ2) is 7.03. The fraction of sp³-hybridized carbons (Fsp3) is 0.611. The predicted molar refractivity (Wildman–Crippen MR) is 85.5 cm³/mol. The SMILES string of the molecule is CC(CC(=O)NC1CCCCC1)c1ccc2c(c1)OCCO2. The van der Waals surface area contributed by atoms with Crippen LogP contribution in [0, 0.1) is 0 Å². The van der Waals surface area contributed by atoms with E-state index < -0.39 is 0 Å². The van der Waals surface area contributed by atoms with Crippen LogP contribution < -0.4 is 14.8 Å². The maximum absolute atomic E-state index is 12.2. The average Bonchev–Trinajstić information content (AvgIpc) is 2.55. The molecule has 1 aliphatic heterocycles. The lowest BCUT2D eigenvalue weighted by Crippen LogP contribution is -2.36. The van der Waals surface area contributed by atoms with Gasteiger partial charge in [0.25, 0.3) is 0 Å². The highest BCUT2D eigenvalue weighted by Crippen LogP contribution is 2.33. The number of nitrogens with one attached hydrogen (secondary N) is 1. The van der Waals surface area contributed by atoms with Crippen molar-refractivity contribution in [3.05, 3.63) is 23.8 Å². The number of carbonyl (C=O) groups is 1. The highest BCUT2D eigenvalue weighted by atomic mass is 16.6. The third-order valence-corrected chi connectivity index (χ3v) is 4.60. The number of amides is 1. The van der Waals surface area contributed by atoms with Crippen LogP contribution in [0.2, 0.25) is 0 Å². The maximum Gasteiger partial charge on any atom is 0.220 e. The summed E-state index contributed by atoms with van der Waals surface area (Å²) in [4.78, 5) is 12.2. The molecule has 0 bridgehead atoms. The molecule has 0 spiro atoms. The monoisotopic (exact) mass is 303 g/mol. The average molecular weight is 303 g/mol. The van der Waals surface area contributed by atoms with E-state index in [1.54, 1.807) is 0 Å². The van der Waals surface area contributed by atoms with E-state index in [1.807, 2.05) is 18.2 Å². The minimum Gasteiger partial charge on any atom is -0.486 e. The topological polar surface area (TPSA) is 47.6 Å². The summed E-state index contributed by atoms with van der Waals surface area (Å²) in [5.41, 5.74) is 1.13. The minimum absolute atomic E-state index is 0.161. The van der Waals surface area contributed by atoms with E-state index in [0.717, 1.165) is 29.9 Å². The Morgan fingerprint density at radius 1 is 1.18 bits per heavy atom. The van der Waals surface area contributed by atoms with Crippen molar-refractivity contribution >= 4 is 5.91 Å². The molecule has 0 radical (unpaired) electrons. The summed E-state index contributed by atoms with van der Waals surface area (Å²) in [5.74, 6) is 1.94. The fourth-order valence-corrected chi connectivity index (χ4v) is 3.30. The van der Waals surface area contributed by atoms with Crippen LogP contribution in [-0.2, 0) is 4.79 Å². The van der Waals surface area contributed by atoms with E-state index in [4.69, 9.17) is 9.47 Å². The standard InChI is InChI=1S/C18H25NO3/c1-13(11-18(20)19-15-5-3-2-4-6-15)14-7-8-16-17(12-14)22-10-9-21-16/h7-8,12-13,15H,2-6,9-11H2,1H3,(H,19,20). The first kappa shape index (κ1) is 15.2. The lowest BCUT2D eigenvalue weighted by atomic mass is 9.94. The largest absolute Gasteiger partial charge is 0.486 e. The summed E-state index contributed by atoms with van der Waals surface area (Å²) >= 11 is 0. The number of ether oxygens (including phenoxy) is 2. The zero-order valence-electron chi connectivity index (χ0n) is 13.3. The van der Waals surface area contributed by atoms with Gasteiger partial charge in [-0.15, -0.1) is 0 Å². The van der Waals surface area contributed by atoms with Crippen molar-refractivity contribution in [2.24, 2.45) is 0 Å². The zero-order valence-corrected chi connectivity index (χ0v) is 13.3. The van der Waals surface area contributed by atoms with Crippen LogP contribution >= 0.6 is 0 Å².